The highest BCUT2D eigenvalue weighted by Gasteiger charge is 2.13. The van der Waals surface area contributed by atoms with Gasteiger partial charge in [0.2, 0.25) is 0 Å². The summed E-state index contributed by atoms with van der Waals surface area (Å²) < 4.78 is 1.84. The largest absolute Gasteiger partial charge is 0.354 e. The Morgan fingerprint density at radius 1 is 1.14 bits per heavy atom. The van der Waals surface area contributed by atoms with Crippen LogP contribution in [0.15, 0.2) is 74.2 Å². The van der Waals surface area contributed by atoms with Crippen molar-refractivity contribution < 1.29 is 0 Å². The topological polar surface area (TPSA) is 68.0 Å². The number of pyridine rings is 2. The van der Waals surface area contributed by atoms with E-state index in [1.165, 1.54) is 0 Å². The van der Waals surface area contributed by atoms with Gasteiger partial charge in [-0.05, 0) is 49.2 Å². The smallest absolute Gasteiger partial charge is 0.115 e. The second-order valence-corrected chi connectivity index (χ2v) is 6.37. The zero-order chi connectivity index (χ0) is 19.5. The van der Waals surface area contributed by atoms with E-state index in [0.717, 1.165) is 44.9 Å². The fraction of sp³-hybridized carbons (Fsp3) is 0.0909. The molecule has 0 bridgehead atoms. The number of nitrogens with one attached hydrogen (secondary N) is 1. The summed E-state index contributed by atoms with van der Waals surface area (Å²) >= 11 is 0. The summed E-state index contributed by atoms with van der Waals surface area (Å²) in [4.78, 5) is 12.6. The Hall–Kier alpha value is -3.80. The molecule has 0 aliphatic carbocycles. The molecule has 0 aliphatic heterocycles. The average Bonchev–Trinajstić information content (AvgIpc) is 3.14. The minimum absolute atomic E-state index is 0.765. The van der Waals surface area contributed by atoms with Crippen molar-refractivity contribution in [1.29, 1.82) is 0 Å². The van der Waals surface area contributed by atoms with Crippen LogP contribution in [0.3, 0.4) is 0 Å². The summed E-state index contributed by atoms with van der Waals surface area (Å²) in [7, 11) is 0. The van der Waals surface area contributed by atoms with Gasteiger partial charge in [-0.2, -0.15) is 5.10 Å². The van der Waals surface area contributed by atoms with Crippen molar-refractivity contribution in [2.75, 3.05) is 5.32 Å². The van der Waals surface area contributed by atoms with E-state index < -0.39 is 0 Å². The number of hydrogen-bond acceptors (Lipinski definition) is 5. The van der Waals surface area contributed by atoms with Crippen LogP contribution in [-0.2, 0) is 0 Å². The van der Waals surface area contributed by atoms with Gasteiger partial charge in [-0.3, -0.25) is 4.98 Å². The van der Waals surface area contributed by atoms with Crippen molar-refractivity contribution in [1.82, 2.24) is 24.6 Å². The summed E-state index contributed by atoms with van der Waals surface area (Å²) in [6.45, 7) is 8.19. The van der Waals surface area contributed by atoms with Crippen molar-refractivity contribution in [2.24, 2.45) is 0 Å². The SMILES string of the molecule is C=C(Nc1cccnc1)c1cnn2ccc(/C(=C/C)c3cncnc3C)cc12. The normalized spacial score (nSPS) is 11.6. The molecule has 0 fully saturated rings. The summed E-state index contributed by atoms with van der Waals surface area (Å²) in [5.41, 5.74) is 7.66. The third-order valence-electron chi connectivity index (χ3n) is 4.60. The molecule has 4 heterocycles. The van der Waals surface area contributed by atoms with Crippen LogP contribution in [0, 0.1) is 6.92 Å². The molecule has 0 atom stereocenters. The van der Waals surface area contributed by atoms with E-state index >= 15 is 0 Å². The molecule has 0 aromatic carbocycles. The highest BCUT2D eigenvalue weighted by molar-refractivity contribution is 5.87. The Bertz CT molecular complexity index is 1170. The molecule has 0 aliphatic rings. The molecule has 4 aromatic heterocycles. The summed E-state index contributed by atoms with van der Waals surface area (Å²) in [5, 5.41) is 7.75. The molecule has 0 spiro atoms. The van der Waals surface area contributed by atoms with Gasteiger partial charge in [-0.1, -0.05) is 12.7 Å². The Morgan fingerprint density at radius 3 is 2.79 bits per heavy atom. The van der Waals surface area contributed by atoms with E-state index in [4.69, 9.17) is 0 Å². The van der Waals surface area contributed by atoms with Gasteiger partial charge in [0.25, 0.3) is 0 Å². The molecular weight excluding hydrogens is 348 g/mol. The van der Waals surface area contributed by atoms with Gasteiger partial charge in [0.1, 0.15) is 6.33 Å². The lowest BCUT2D eigenvalue weighted by molar-refractivity contribution is 0.960. The Balaban J connectivity index is 1.74. The maximum Gasteiger partial charge on any atom is 0.115 e. The molecule has 0 unspecified atom stereocenters. The minimum atomic E-state index is 0.765. The van der Waals surface area contributed by atoms with Gasteiger partial charge in [-0.15, -0.1) is 0 Å². The number of nitrogens with zero attached hydrogens (tertiary/aromatic N) is 5. The van der Waals surface area contributed by atoms with E-state index in [1.54, 1.807) is 18.7 Å². The van der Waals surface area contributed by atoms with Crippen LogP contribution in [0.25, 0.3) is 16.8 Å². The molecule has 0 radical (unpaired) electrons. The van der Waals surface area contributed by atoms with E-state index in [9.17, 15) is 0 Å². The molecule has 1 N–H and O–H groups in total. The standard InChI is InChI=1S/C22H20N6/c1-4-19(20-12-24-14-25-15(20)2)17-7-9-28-22(10-17)21(13-26-28)16(3)27-18-6-5-8-23-11-18/h4-14,27H,3H2,1-2H3/b19-4-. The third-order valence-corrected chi connectivity index (χ3v) is 4.60. The maximum atomic E-state index is 4.45. The molecule has 6 heteroatoms. The molecule has 0 saturated heterocycles. The first-order chi connectivity index (χ1) is 13.7. The second kappa shape index (κ2) is 7.44. The van der Waals surface area contributed by atoms with Crippen molar-refractivity contribution in [3.8, 4) is 0 Å². The van der Waals surface area contributed by atoms with Crippen molar-refractivity contribution in [3.05, 3.63) is 96.6 Å². The number of rotatable bonds is 5. The molecule has 4 rings (SSSR count). The van der Waals surface area contributed by atoms with Crippen LogP contribution in [-0.4, -0.2) is 24.6 Å². The van der Waals surface area contributed by atoms with E-state index in [1.807, 2.05) is 55.2 Å². The molecule has 4 aromatic rings. The van der Waals surface area contributed by atoms with Crippen LogP contribution in [0.4, 0.5) is 5.69 Å². The number of aryl methyl sites for hydroxylation is 1. The fourth-order valence-electron chi connectivity index (χ4n) is 3.19. The molecule has 0 saturated carbocycles. The Morgan fingerprint density at radius 2 is 2.04 bits per heavy atom. The lowest BCUT2D eigenvalue weighted by atomic mass is 9.98. The maximum absolute atomic E-state index is 4.45. The molecule has 138 valence electrons. The van der Waals surface area contributed by atoms with Crippen molar-refractivity contribution >= 4 is 22.5 Å². The first kappa shape index (κ1) is 17.6. The number of allylic oxidation sites excluding steroid dienone is 1. The summed E-state index contributed by atoms with van der Waals surface area (Å²) in [6, 6.07) is 7.99. The van der Waals surface area contributed by atoms with Crippen LogP contribution in [0.1, 0.15) is 29.3 Å². The van der Waals surface area contributed by atoms with Crippen LogP contribution < -0.4 is 5.32 Å². The summed E-state index contributed by atoms with van der Waals surface area (Å²) in [6.07, 6.45) is 12.8. The minimum Gasteiger partial charge on any atom is -0.354 e. The zero-order valence-corrected chi connectivity index (χ0v) is 15.8. The average molecular weight is 368 g/mol. The van der Waals surface area contributed by atoms with Gasteiger partial charge in [0, 0.05) is 41.1 Å². The third kappa shape index (κ3) is 3.27. The Kier molecular flexibility index (Phi) is 4.68. The molecular formula is C22H20N6. The summed E-state index contributed by atoms with van der Waals surface area (Å²) in [5.74, 6) is 0. The van der Waals surface area contributed by atoms with Gasteiger partial charge in [-0.25, -0.2) is 14.5 Å². The first-order valence-corrected chi connectivity index (χ1v) is 8.94. The van der Waals surface area contributed by atoms with E-state index in [-0.39, 0.29) is 0 Å². The van der Waals surface area contributed by atoms with Crippen LogP contribution in [0.5, 0.6) is 0 Å². The second-order valence-electron chi connectivity index (χ2n) is 6.37. The monoisotopic (exact) mass is 368 g/mol. The molecule has 0 amide bonds. The number of fused-ring (bicyclic) bond motifs is 1. The highest BCUT2D eigenvalue weighted by Crippen LogP contribution is 2.28. The number of hydrogen-bond donors (Lipinski definition) is 1. The molecule has 28 heavy (non-hydrogen) atoms. The molecule has 6 nitrogen and oxygen atoms in total. The van der Waals surface area contributed by atoms with Gasteiger partial charge < -0.3 is 5.32 Å². The fourth-order valence-corrected chi connectivity index (χ4v) is 3.19. The van der Waals surface area contributed by atoms with Gasteiger partial charge >= 0.3 is 0 Å². The van der Waals surface area contributed by atoms with Crippen molar-refractivity contribution in [3.63, 3.8) is 0 Å². The van der Waals surface area contributed by atoms with Crippen molar-refractivity contribution in [2.45, 2.75) is 13.8 Å². The van der Waals surface area contributed by atoms with Gasteiger partial charge in [0.05, 0.1) is 23.6 Å². The first-order valence-electron chi connectivity index (χ1n) is 8.94. The van der Waals surface area contributed by atoms with Crippen LogP contribution >= 0.6 is 0 Å². The lowest BCUT2D eigenvalue weighted by Crippen LogP contribution is -1.99. The van der Waals surface area contributed by atoms with E-state index in [0.29, 0.717) is 0 Å². The quantitative estimate of drug-likeness (QED) is 0.567. The zero-order valence-electron chi connectivity index (χ0n) is 15.8. The Labute approximate surface area is 163 Å². The van der Waals surface area contributed by atoms with E-state index in [2.05, 4.69) is 44.1 Å². The number of anilines is 1. The predicted octanol–water partition coefficient (Wildman–Crippen LogP) is 4.36. The number of aromatic nitrogens is 5. The van der Waals surface area contributed by atoms with Gasteiger partial charge in [0.15, 0.2) is 0 Å². The lowest BCUT2D eigenvalue weighted by Gasteiger charge is -2.11. The highest BCUT2D eigenvalue weighted by atomic mass is 15.2. The predicted molar refractivity (Wildman–Crippen MR) is 112 cm³/mol. The van der Waals surface area contributed by atoms with Crippen LogP contribution in [0.2, 0.25) is 0 Å².